The largest absolute Gasteiger partial charge is 0.372 e. The molecule has 1 amide bonds. The second kappa shape index (κ2) is 6.43. The number of anilines is 1. The van der Waals surface area contributed by atoms with E-state index in [2.05, 4.69) is 42.3 Å². The summed E-state index contributed by atoms with van der Waals surface area (Å²) in [6.45, 7) is 1.50. The molecule has 0 fully saturated rings. The molecule has 112 valence electrons. The van der Waals surface area contributed by atoms with E-state index >= 15 is 0 Å². The van der Waals surface area contributed by atoms with Crippen molar-refractivity contribution < 1.29 is 14.3 Å². The van der Waals surface area contributed by atoms with Gasteiger partial charge in [0.2, 0.25) is 0 Å². The lowest BCUT2D eigenvalue weighted by atomic mass is 10.3. The van der Waals surface area contributed by atoms with Crippen molar-refractivity contribution >= 4 is 55.1 Å². The maximum absolute atomic E-state index is 13.0. The SMILES string of the molecule is CC(O)n1nc(C(=O)Nc2ccc(F)cc2Cl)c(Br)c1Br. The molecule has 5 nitrogen and oxygen atoms in total. The summed E-state index contributed by atoms with van der Waals surface area (Å²) >= 11 is 12.3. The number of nitrogens with zero attached hydrogens (tertiary/aromatic N) is 2. The van der Waals surface area contributed by atoms with Gasteiger partial charge in [-0.15, -0.1) is 0 Å². The summed E-state index contributed by atoms with van der Waals surface area (Å²) in [5, 5.41) is 16.1. The van der Waals surface area contributed by atoms with Gasteiger partial charge >= 0.3 is 0 Å². The van der Waals surface area contributed by atoms with Gasteiger partial charge in [-0.3, -0.25) is 4.79 Å². The summed E-state index contributed by atoms with van der Waals surface area (Å²) in [7, 11) is 0. The van der Waals surface area contributed by atoms with Crippen LogP contribution in [0.25, 0.3) is 0 Å². The van der Waals surface area contributed by atoms with E-state index in [0.29, 0.717) is 9.08 Å². The lowest BCUT2D eigenvalue weighted by Gasteiger charge is -2.06. The maximum atomic E-state index is 13.0. The standard InChI is InChI=1S/C12H9Br2ClFN3O2/c1-5(20)19-11(14)9(13)10(18-19)12(21)17-8-3-2-6(16)4-7(8)15/h2-5,20H,1H3,(H,17,21). The van der Waals surface area contributed by atoms with Crippen LogP contribution in [0.2, 0.25) is 5.02 Å². The Hall–Kier alpha value is -0.960. The topological polar surface area (TPSA) is 67.1 Å². The van der Waals surface area contributed by atoms with E-state index < -0.39 is 18.0 Å². The average Bonchev–Trinajstić information content (AvgIpc) is 2.70. The van der Waals surface area contributed by atoms with Gasteiger partial charge in [-0.2, -0.15) is 5.10 Å². The molecule has 9 heteroatoms. The maximum Gasteiger partial charge on any atom is 0.277 e. The molecule has 0 aliphatic heterocycles. The highest BCUT2D eigenvalue weighted by molar-refractivity contribution is 9.13. The Kier molecular flexibility index (Phi) is 5.03. The number of aliphatic hydroxyl groups excluding tert-OH is 1. The van der Waals surface area contributed by atoms with Gasteiger partial charge in [0.25, 0.3) is 5.91 Å². The quantitative estimate of drug-likeness (QED) is 0.758. The van der Waals surface area contributed by atoms with Gasteiger partial charge in [-0.1, -0.05) is 11.6 Å². The van der Waals surface area contributed by atoms with Gasteiger partial charge in [0.05, 0.1) is 15.2 Å². The summed E-state index contributed by atoms with van der Waals surface area (Å²) < 4.78 is 15.0. The fourth-order valence-corrected chi connectivity index (χ4v) is 2.78. The summed E-state index contributed by atoms with van der Waals surface area (Å²) in [6, 6.07) is 3.63. The molecule has 1 aromatic carbocycles. The zero-order chi connectivity index (χ0) is 15.7. The van der Waals surface area contributed by atoms with Crippen molar-refractivity contribution in [3.05, 3.63) is 43.8 Å². The molecule has 1 aromatic heterocycles. The Morgan fingerprint density at radius 2 is 2.19 bits per heavy atom. The number of amides is 1. The van der Waals surface area contributed by atoms with E-state index in [1.165, 1.54) is 23.7 Å². The number of hydrogen-bond acceptors (Lipinski definition) is 3. The summed E-state index contributed by atoms with van der Waals surface area (Å²) in [4.78, 5) is 12.2. The van der Waals surface area contributed by atoms with E-state index in [0.717, 1.165) is 6.07 Å². The molecule has 21 heavy (non-hydrogen) atoms. The van der Waals surface area contributed by atoms with E-state index in [1.807, 2.05) is 0 Å². The van der Waals surface area contributed by atoms with Gasteiger partial charge in [0, 0.05) is 0 Å². The summed E-state index contributed by atoms with van der Waals surface area (Å²) in [5.41, 5.74) is 0.320. The molecule has 0 bridgehead atoms. The van der Waals surface area contributed by atoms with Gasteiger partial charge in [0.15, 0.2) is 5.69 Å². The van der Waals surface area contributed by atoms with Crippen LogP contribution in [-0.4, -0.2) is 20.8 Å². The first kappa shape index (κ1) is 16.4. The zero-order valence-electron chi connectivity index (χ0n) is 10.6. The number of benzene rings is 1. The highest BCUT2D eigenvalue weighted by Crippen LogP contribution is 2.30. The molecule has 0 aliphatic carbocycles. The molecule has 0 radical (unpaired) electrons. The third-order valence-corrected chi connectivity index (χ3v) is 4.90. The van der Waals surface area contributed by atoms with E-state index in [4.69, 9.17) is 11.6 Å². The molecule has 1 atom stereocenters. The normalized spacial score (nSPS) is 12.3. The lowest BCUT2D eigenvalue weighted by molar-refractivity contribution is 0.0993. The molecule has 1 heterocycles. The minimum Gasteiger partial charge on any atom is -0.372 e. The number of carbonyl (C=O) groups excluding carboxylic acids is 1. The van der Waals surface area contributed by atoms with Crippen LogP contribution in [0.3, 0.4) is 0 Å². The molecular weight excluding hydrogens is 432 g/mol. The first-order valence-corrected chi connectivity index (χ1v) is 7.65. The van der Waals surface area contributed by atoms with Crippen molar-refractivity contribution in [3.63, 3.8) is 0 Å². The van der Waals surface area contributed by atoms with Crippen LogP contribution < -0.4 is 5.32 Å². The smallest absolute Gasteiger partial charge is 0.277 e. The predicted molar refractivity (Wildman–Crippen MR) is 83.9 cm³/mol. The lowest BCUT2D eigenvalue weighted by Crippen LogP contribution is -2.15. The molecule has 0 saturated heterocycles. The minimum absolute atomic E-state index is 0.0585. The number of nitrogens with one attached hydrogen (secondary N) is 1. The first-order chi connectivity index (χ1) is 9.81. The fraction of sp³-hybridized carbons (Fsp3) is 0.167. The van der Waals surface area contributed by atoms with Crippen molar-refractivity contribution in [2.75, 3.05) is 5.32 Å². The number of aliphatic hydroxyl groups is 1. The van der Waals surface area contributed by atoms with Crippen molar-refractivity contribution in [2.45, 2.75) is 13.2 Å². The van der Waals surface area contributed by atoms with Crippen LogP contribution in [0, 0.1) is 5.82 Å². The molecule has 0 saturated carbocycles. The van der Waals surface area contributed by atoms with Gasteiger partial charge in [-0.25, -0.2) is 9.07 Å². The van der Waals surface area contributed by atoms with Crippen LogP contribution in [0.15, 0.2) is 27.3 Å². The van der Waals surface area contributed by atoms with Crippen LogP contribution in [0.4, 0.5) is 10.1 Å². The van der Waals surface area contributed by atoms with Crippen LogP contribution in [0.5, 0.6) is 0 Å². The predicted octanol–water partition coefficient (Wildman–Crippen LogP) is 3.96. The Morgan fingerprint density at radius 3 is 2.71 bits per heavy atom. The van der Waals surface area contributed by atoms with Crippen molar-refractivity contribution in [1.29, 1.82) is 0 Å². The monoisotopic (exact) mass is 439 g/mol. The zero-order valence-corrected chi connectivity index (χ0v) is 14.5. The van der Waals surface area contributed by atoms with E-state index in [-0.39, 0.29) is 16.4 Å². The van der Waals surface area contributed by atoms with E-state index in [1.54, 1.807) is 0 Å². The second-order valence-corrected chi connectivity index (χ2v) is 6.06. The molecule has 1 unspecified atom stereocenters. The first-order valence-electron chi connectivity index (χ1n) is 5.69. The number of hydrogen-bond donors (Lipinski definition) is 2. The molecular formula is C12H9Br2ClFN3O2. The number of aromatic nitrogens is 2. The van der Waals surface area contributed by atoms with Crippen molar-refractivity contribution in [3.8, 4) is 0 Å². The van der Waals surface area contributed by atoms with Crippen molar-refractivity contribution in [2.24, 2.45) is 0 Å². The Bertz CT molecular complexity index is 706. The number of halogens is 4. The average molecular weight is 441 g/mol. The Balaban J connectivity index is 2.31. The highest BCUT2D eigenvalue weighted by Gasteiger charge is 2.22. The van der Waals surface area contributed by atoms with Crippen molar-refractivity contribution in [1.82, 2.24) is 9.78 Å². The summed E-state index contributed by atoms with van der Waals surface area (Å²) in [6.07, 6.45) is -0.911. The third-order valence-electron chi connectivity index (χ3n) is 2.55. The van der Waals surface area contributed by atoms with Gasteiger partial charge in [0.1, 0.15) is 16.6 Å². The van der Waals surface area contributed by atoms with Crippen LogP contribution in [-0.2, 0) is 0 Å². The van der Waals surface area contributed by atoms with Crippen LogP contribution in [0.1, 0.15) is 23.6 Å². The highest BCUT2D eigenvalue weighted by atomic mass is 79.9. The van der Waals surface area contributed by atoms with Crippen LogP contribution >= 0.6 is 43.5 Å². The number of carbonyl (C=O) groups is 1. The molecule has 2 rings (SSSR count). The second-order valence-electron chi connectivity index (χ2n) is 4.11. The number of rotatable bonds is 3. The Morgan fingerprint density at radius 1 is 1.52 bits per heavy atom. The van der Waals surface area contributed by atoms with Gasteiger partial charge in [-0.05, 0) is 57.0 Å². The van der Waals surface area contributed by atoms with E-state index in [9.17, 15) is 14.3 Å². The summed E-state index contributed by atoms with van der Waals surface area (Å²) in [5.74, 6) is -1.05. The minimum atomic E-state index is -0.911. The fourth-order valence-electron chi connectivity index (χ4n) is 1.56. The Labute approximate surface area is 141 Å². The molecule has 2 aromatic rings. The molecule has 0 spiro atoms. The molecule has 0 aliphatic rings. The van der Waals surface area contributed by atoms with Gasteiger partial charge < -0.3 is 10.4 Å². The molecule has 2 N–H and O–H groups in total. The third kappa shape index (κ3) is 3.45.